The fourth-order valence-electron chi connectivity index (χ4n) is 3.31. The Hall–Kier alpha value is -0.980. The summed E-state index contributed by atoms with van der Waals surface area (Å²) >= 11 is 2.33. The zero-order chi connectivity index (χ0) is 16.4. The summed E-state index contributed by atoms with van der Waals surface area (Å²) in [5.74, 6) is -0.210. The molecule has 0 bridgehead atoms. The van der Waals surface area contributed by atoms with Crippen molar-refractivity contribution in [3.8, 4) is 0 Å². The molecule has 0 aromatic heterocycles. The Morgan fingerprint density at radius 3 is 2.61 bits per heavy atom. The number of halogens is 2. The minimum atomic E-state index is -0.455. The van der Waals surface area contributed by atoms with Gasteiger partial charge in [-0.2, -0.15) is 0 Å². The van der Waals surface area contributed by atoms with E-state index in [-0.39, 0.29) is 5.82 Å². The highest BCUT2D eigenvalue weighted by molar-refractivity contribution is 14.1. The first-order valence-corrected chi connectivity index (χ1v) is 8.93. The third-order valence-electron chi connectivity index (χ3n) is 4.42. The van der Waals surface area contributed by atoms with Crippen LogP contribution in [0.25, 0.3) is 0 Å². The molecule has 4 heteroatoms. The van der Waals surface area contributed by atoms with E-state index in [9.17, 15) is 4.39 Å². The lowest BCUT2D eigenvalue weighted by Crippen LogP contribution is -2.28. The average molecular weight is 425 g/mol. The van der Waals surface area contributed by atoms with Gasteiger partial charge in [-0.05, 0) is 97.0 Å². The molecule has 2 aromatic rings. The van der Waals surface area contributed by atoms with Crippen LogP contribution in [0.5, 0.6) is 0 Å². The van der Waals surface area contributed by atoms with Gasteiger partial charge in [-0.3, -0.25) is 0 Å². The molecule has 1 aliphatic rings. The maximum absolute atomic E-state index is 13.4. The Kier molecular flexibility index (Phi) is 5.04. The van der Waals surface area contributed by atoms with Crippen molar-refractivity contribution >= 4 is 22.6 Å². The van der Waals surface area contributed by atoms with Gasteiger partial charge in [0.25, 0.3) is 0 Å². The molecule has 23 heavy (non-hydrogen) atoms. The van der Waals surface area contributed by atoms with Crippen molar-refractivity contribution in [1.82, 2.24) is 4.90 Å². The number of benzene rings is 2. The molecule has 0 aliphatic carbocycles. The predicted molar refractivity (Wildman–Crippen MR) is 98.9 cm³/mol. The summed E-state index contributed by atoms with van der Waals surface area (Å²) in [6.45, 7) is 1.62. The summed E-state index contributed by atoms with van der Waals surface area (Å²) in [6.07, 6.45) is 1.92. The molecule has 1 aliphatic heterocycles. The monoisotopic (exact) mass is 425 g/mol. The van der Waals surface area contributed by atoms with Crippen molar-refractivity contribution in [3.63, 3.8) is 0 Å². The van der Waals surface area contributed by atoms with E-state index in [1.807, 2.05) is 12.1 Å². The van der Waals surface area contributed by atoms with Crippen LogP contribution in [0, 0.1) is 9.39 Å². The number of ether oxygens (including phenoxy) is 1. The molecule has 0 fully saturated rings. The molecule has 0 saturated heterocycles. The third kappa shape index (κ3) is 3.44. The fourth-order valence-corrected chi connectivity index (χ4v) is 3.86. The van der Waals surface area contributed by atoms with Crippen molar-refractivity contribution in [3.05, 3.63) is 68.5 Å². The number of hydrogen-bond acceptors (Lipinski definition) is 2. The van der Waals surface area contributed by atoms with Gasteiger partial charge in [-0.15, -0.1) is 0 Å². The lowest BCUT2D eigenvalue weighted by molar-refractivity contribution is -0.0140. The molecule has 1 heterocycles. The summed E-state index contributed by atoms with van der Waals surface area (Å²) in [4.78, 5) is 2.18. The van der Waals surface area contributed by atoms with Crippen LogP contribution in [0.3, 0.4) is 0 Å². The maximum atomic E-state index is 13.4. The molecule has 2 nitrogen and oxygen atoms in total. The van der Waals surface area contributed by atoms with Gasteiger partial charge in [0.05, 0.1) is 6.61 Å². The molecule has 0 saturated carbocycles. The summed E-state index contributed by atoms with van der Waals surface area (Å²) in [5, 5.41) is 0. The van der Waals surface area contributed by atoms with Crippen LogP contribution in [0.4, 0.5) is 4.39 Å². The van der Waals surface area contributed by atoms with Crippen molar-refractivity contribution < 1.29 is 9.13 Å². The molecule has 0 amide bonds. The van der Waals surface area contributed by atoms with Gasteiger partial charge in [0.2, 0.25) is 0 Å². The zero-order valence-electron chi connectivity index (χ0n) is 13.5. The van der Waals surface area contributed by atoms with Gasteiger partial charge in [-0.25, -0.2) is 4.39 Å². The van der Waals surface area contributed by atoms with Gasteiger partial charge < -0.3 is 9.64 Å². The molecule has 0 spiro atoms. The quantitative estimate of drug-likeness (QED) is 0.653. The van der Waals surface area contributed by atoms with Gasteiger partial charge >= 0.3 is 0 Å². The van der Waals surface area contributed by atoms with E-state index in [0.717, 1.165) is 24.9 Å². The molecule has 1 atom stereocenters. The number of nitrogens with zero attached hydrogens (tertiary/aromatic N) is 1. The zero-order valence-corrected chi connectivity index (χ0v) is 15.6. The van der Waals surface area contributed by atoms with Crippen LogP contribution >= 0.6 is 22.6 Å². The Morgan fingerprint density at radius 2 is 1.91 bits per heavy atom. The van der Waals surface area contributed by atoms with Crippen molar-refractivity contribution in [2.75, 3.05) is 20.6 Å². The minimum absolute atomic E-state index is 0.210. The Morgan fingerprint density at radius 1 is 1.17 bits per heavy atom. The fraction of sp³-hybridized carbons (Fsp3) is 0.368. The molecule has 0 N–H and O–H groups in total. The second-order valence-corrected chi connectivity index (χ2v) is 7.58. The summed E-state index contributed by atoms with van der Waals surface area (Å²) in [7, 11) is 4.16. The van der Waals surface area contributed by atoms with Crippen LogP contribution in [0.1, 0.15) is 29.5 Å². The van der Waals surface area contributed by atoms with Crippen LogP contribution in [0.15, 0.2) is 42.5 Å². The van der Waals surface area contributed by atoms with Gasteiger partial charge in [0.15, 0.2) is 0 Å². The Labute approximate surface area is 150 Å². The van der Waals surface area contributed by atoms with E-state index in [2.05, 4.69) is 59.8 Å². The molecular formula is C19H21FINO. The molecule has 122 valence electrons. The maximum Gasteiger partial charge on any atom is 0.123 e. The lowest BCUT2D eigenvalue weighted by atomic mass is 9.82. The van der Waals surface area contributed by atoms with Crippen LogP contribution in [-0.2, 0) is 16.9 Å². The number of fused-ring (bicyclic) bond motifs is 1. The van der Waals surface area contributed by atoms with Gasteiger partial charge in [-0.1, -0.05) is 18.2 Å². The van der Waals surface area contributed by atoms with Crippen molar-refractivity contribution in [1.29, 1.82) is 0 Å². The highest BCUT2D eigenvalue weighted by Gasteiger charge is 2.41. The van der Waals surface area contributed by atoms with Gasteiger partial charge in [0.1, 0.15) is 11.4 Å². The Bertz CT molecular complexity index is 686. The minimum Gasteiger partial charge on any atom is -0.361 e. The topological polar surface area (TPSA) is 12.5 Å². The SMILES string of the molecule is CN(C)CCC[C@@]1(c2ccc(F)cc2)OCc2cc(I)ccc21. The second kappa shape index (κ2) is 6.87. The first-order valence-electron chi connectivity index (χ1n) is 7.85. The van der Waals surface area contributed by atoms with Crippen molar-refractivity contribution in [2.45, 2.75) is 25.0 Å². The van der Waals surface area contributed by atoms with Crippen LogP contribution < -0.4 is 0 Å². The smallest absolute Gasteiger partial charge is 0.123 e. The normalized spacial score (nSPS) is 20.0. The van der Waals surface area contributed by atoms with E-state index in [4.69, 9.17) is 4.74 Å². The summed E-state index contributed by atoms with van der Waals surface area (Å²) in [6, 6.07) is 13.2. The highest BCUT2D eigenvalue weighted by Crippen LogP contribution is 2.45. The first-order chi connectivity index (χ1) is 11.0. The van der Waals surface area contributed by atoms with Crippen molar-refractivity contribution in [2.24, 2.45) is 0 Å². The largest absolute Gasteiger partial charge is 0.361 e. The molecule has 3 rings (SSSR count). The van der Waals surface area contributed by atoms with E-state index in [0.29, 0.717) is 6.61 Å². The standard InChI is InChI=1S/C19H21FINO/c1-22(2)11-3-10-19(15-4-6-16(20)7-5-15)18-9-8-17(21)12-14(18)13-23-19/h4-9,12H,3,10-11,13H2,1-2H3/t19-/m0/s1. The van der Waals surface area contributed by atoms with E-state index in [1.54, 1.807) is 0 Å². The van der Waals surface area contributed by atoms with E-state index < -0.39 is 5.60 Å². The van der Waals surface area contributed by atoms with E-state index >= 15 is 0 Å². The van der Waals surface area contributed by atoms with Gasteiger partial charge in [0, 0.05) is 3.57 Å². The first kappa shape index (κ1) is 16.9. The van der Waals surface area contributed by atoms with Crippen LogP contribution in [0.2, 0.25) is 0 Å². The summed E-state index contributed by atoms with van der Waals surface area (Å²) < 4.78 is 20.9. The lowest BCUT2D eigenvalue weighted by Gasteiger charge is -2.31. The summed E-state index contributed by atoms with van der Waals surface area (Å²) in [5.41, 5.74) is 3.05. The molecule has 0 unspecified atom stereocenters. The molecular weight excluding hydrogens is 404 g/mol. The average Bonchev–Trinajstić information content (AvgIpc) is 2.87. The predicted octanol–water partition coefficient (Wildman–Crippen LogP) is 4.55. The third-order valence-corrected chi connectivity index (χ3v) is 5.09. The number of hydrogen-bond donors (Lipinski definition) is 0. The van der Waals surface area contributed by atoms with E-state index in [1.165, 1.54) is 26.8 Å². The highest BCUT2D eigenvalue weighted by atomic mass is 127. The second-order valence-electron chi connectivity index (χ2n) is 6.33. The number of rotatable bonds is 5. The molecule has 2 aromatic carbocycles. The molecule has 0 radical (unpaired) electrons. The Balaban J connectivity index is 2.00. The van der Waals surface area contributed by atoms with Crippen LogP contribution in [-0.4, -0.2) is 25.5 Å².